The van der Waals surface area contributed by atoms with Crippen molar-refractivity contribution < 1.29 is 14.6 Å². The zero-order chi connectivity index (χ0) is 20.6. The highest BCUT2D eigenvalue weighted by atomic mass is 16.5. The van der Waals surface area contributed by atoms with Crippen LogP contribution in [0.1, 0.15) is 88.3 Å². The first-order valence-electron chi connectivity index (χ1n) is 11.2. The molecule has 3 heteroatoms. The van der Waals surface area contributed by atoms with Crippen LogP contribution in [0.15, 0.2) is 42.4 Å². The Labute approximate surface area is 175 Å². The molecule has 0 bridgehead atoms. The second-order valence-corrected chi connectivity index (χ2v) is 9.38. The molecule has 1 aromatic carbocycles. The first-order chi connectivity index (χ1) is 13.9. The Balaban J connectivity index is 1.87. The van der Waals surface area contributed by atoms with Crippen molar-refractivity contribution in [2.75, 3.05) is 0 Å². The number of hydrogen-bond acceptors (Lipinski definition) is 3. The van der Waals surface area contributed by atoms with Gasteiger partial charge in [-0.15, -0.1) is 0 Å². The van der Waals surface area contributed by atoms with Crippen LogP contribution < -0.4 is 4.74 Å². The minimum atomic E-state index is -0.234. The third-order valence-corrected chi connectivity index (χ3v) is 6.89. The van der Waals surface area contributed by atoms with Gasteiger partial charge in [-0.1, -0.05) is 31.4 Å². The van der Waals surface area contributed by atoms with Crippen LogP contribution in [0.2, 0.25) is 0 Å². The number of rotatable bonds is 5. The summed E-state index contributed by atoms with van der Waals surface area (Å²) in [5.74, 6) is 1.91. The molecule has 0 fully saturated rings. The number of aromatic hydroxyl groups is 1. The van der Waals surface area contributed by atoms with E-state index >= 15 is 0 Å². The number of hydrogen-bond donors (Lipinski definition) is 1. The van der Waals surface area contributed by atoms with Gasteiger partial charge in [-0.3, -0.25) is 0 Å². The lowest BCUT2D eigenvalue weighted by molar-refractivity contribution is 0.0106. The number of unbranched alkanes of at least 4 members (excludes halogenated alkanes) is 2. The predicted octanol–water partition coefficient (Wildman–Crippen LogP) is 6.88. The summed E-state index contributed by atoms with van der Waals surface area (Å²) in [5.41, 5.74) is 4.38. The molecule has 2 unspecified atom stereocenters. The van der Waals surface area contributed by atoms with Crippen molar-refractivity contribution in [3.63, 3.8) is 0 Å². The normalized spacial score (nSPS) is 24.9. The van der Waals surface area contributed by atoms with Crippen molar-refractivity contribution in [1.82, 2.24) is 0 Å². The number of allylic oxidation sites excluding steroid dienone is 4. The van der Waals surface area contributed by atoms with Crippen molar-refractivity contribution in [1.29, 1.82) is 0 Å². The maximum absolute atomic E-state index is 11.6. The van der Waals surface area contributed by atoms with Crippen molar-refractivity contribution in [3.05, 3.63) is 59.1 Å². The van der Waals surface area contributed by atoms with Gasteiger partial charge in [0.05, 0.1) is 12.5 Å². The van der Waals surface area contributed by atoms with Crippen molar-refractivity contribution in [2.45, 2.75) is 83.7 Å². The largest absolute Gasteiger partial charge is 0.507 e. The van der Waals surface area contributed by atoms with Crippen LogP contribution in [-0.2, 0) is 11.2 Å². The molecule has 0 amide bonds. The number of aryl methyl sites for hydroxylation is 1. The average Bonchev–Trinajstić information content (AvgIpc) is 2.68. The average molecular weight is 395 g/mol. The molecule has 29 heavy (non-hydrogen) atoms. The fraction of sp³-hybridized carbons (Fsp3) is 0.538. The third-order valence-electron chi connectivity index (χ3n) is 6.89. The summed E-state index contributed by atoms with van der Waals surface area (Å²) in [7, 11) is 0. The number of phenolic OH excluding ortho intramolecular Hbond substituents is 1. The highest BCUT2D eigenvalue weighted by molar-refractivity contribution is 5.61. The van der Waals surface area contributed by atoms with E-state index in [1.54, 1.807) is 12.5 Å². The van der Waals surface area contributed by atoms with Gasteiger partial charge in [0.25, 0.3) is 0 Å². The molecule has 0 spiro atoms. The maximum atomic E-state index is 11.6. The summed E-state index contributed by atoms with van der Waals surface area (Å²) in [5, 5.41) is 11.6. The zero-order valence-electron chi connectivity index (χ0n) is 18.2. The number of ether oxygens (including phenoxy) is 2. The van der Waals surface area contributed by atoms with E-state index in [0.29, 0.717) is 11.7 Å². The second kappa shape index (κ2) is 7.93. The molecule has 1 N–H and O–H groups in total. The summed E-state index contributed by atoms with van der Waals surface area (Å²) in [6.45, 7) is 8.83. The fourth-order valence-corrected chi connectivity index (χ4v) is 5.33. The van der Waals surface area contributed by atoms with E-state index in [1.807, 2.05) is 12.2 Å². The molecule has 3 nitrogen and oxygen atoms in total. The predicted molar refractivity (Wildman–Crippen MR) is 117 cm³/mol. The monoisotopic (exact) mass is 394 g/mol. The molecule has 0 saturated carbocycles. The minimum Gasteiger partial charge on any atom is -0.507 e. The first-order valence-corrected chi connectivity index (χ1v) is 11.2. The van der Waals surface area contributed by atoms with Gasteiger partial charge in [0, 0.05) is 28.9 Å². The van der Waals surface area contributed by atoms with Gasteiger partial charge in [-0.05, 0) is 70.2 Å². The maximum Gasteiger partial charge on any atom is 0.127 e. The molecule has 4 rings (SSSR count). The second-order valence-electron chi connectivity index (χ2n) is 9.38. The lowest BCUT2D eigenvalue weighted by Gasteiger charge is -2.47. The molecule has 1 aliphatic carbocycles. The number of benzene rings is 1. The van der Waals surface area contributed by atoms with Crippen LogP contribution in [0.5, 0.6) is 11.5 Å². The van der Waals surface area contributed by atoms with Gasteiger partial charge in [0.1, 0.15) is 17.1 Å². The molecule has 2 aliphatic heterocycles. The van der Waals surface area contributed by atoms with Crippen LogP contribution in [0.4, 0.5) is 0 Å². The Morgan fingerprint density at radius 2 is 1.90 bits per heavy atom. The van der Waals surface area contributed by atoms with Crippen LogP contribution in [0.25, 0.3) is 0 Å². The van der Waals surface area contributed by atoms with Crippen molar-refractivity contribution in [2.24, 2.45) is 5.92 Å². The Morgan fingerprint density at radius 3 is 2.62 bits per heavy atom. The molecule has 3 aliphatic rings. The van der Waals surface area contributed by atoms with E-state index in [0.717, 1.165) is 42.6 Å². The van der Waals surface area contributed by atoms with Gasteiger partial charge in [-0.2, -0.15) is 0 Å². The van der Waals surface area contributed by atoms with E-state index in [1.165, 1.54) is 24.0 Å². The topological polar surface area (TPSA) is 38.7 Å². The highest BCUT2D eigenvalue weighted by Crippen LogP contribution is 2.55. The SMILES string of the molecule is CCCCCc1cc2c(c(O)c1C1C=COC=C1)C1C=C(C)CCC1C(C)(C)O2. The molecular formula is C26H34O3. The van der Waals surface area contributed by atoms with E-state index < -0.39 is 0 Å². The van der Waals surface area contributed by atoms with Crippen LogP contribution in [0.3, 0.4) is 0 Å². The smallest absolute Gasteiger partial charge is 0.127 e. The molecule has 0 aromatic heterocycles. The number of fused-ring (bicyclic) bond motifs is 3. The molecule has 2 atom stereocenters. The first kappa shape index (κ1) is 20.1. The molecule has 0 radical (unpaired) electrons. The van der Waals surface area contributed by atoms with Crippen LogP contribution in [0, 0.1) is 5.92 Å². The zero-order valence-corrected chi connectivity index (χ0v) is 18.2. The van der Waals surface area contributed by atoms with Crippen LogP contribution >= 0.6 is 0 Å². The number of phenols is 1. The van der Waals surface area contributed by atoms with E-state index in [9.17, 15) is 5.11 Å². The quantitative estimate of drug-likeness (QED) is 0.437. The molecule has 156 valence electrons. The van der Waals surface area contributed by atoms with E-state index in [-0.39, 0.29) is 17.4 Å². The molecule has 0 saturated heterocycles. The van der Waals surface area contributed by atoms with Gasteiger partial charge in [0.15, 0.2) is 0 Å². The van der Waals surface area contributed by atoms with Crippen LogP contribution in [-0.4, -0.2) is 10.7 Å². The van der Waals surface area contributed by atoms with Gasteiger partial charge in [-0.25, -0.2) is 0 Å². The van der Waals surface area contributed by atoms with Crippen molar-refractivity contribution >= 4 is 0 Å². The Hall–Kier alpha value is -2.16. The standard InChI is InChI=1S/C26H34O3/c1-5-6-7-8-19-16-22-24(25(27)23(19)18-11-13-28-14-12-18)20-15-17(2)9-10-21(20)26(3,4)29-22/h11-16,18,20-21,27H,5-10H2,1-4H3. The lowest BCUT2D eigenvalue weighted by atomic mass is 9.67. The van der Waals surface area contributed by atoms with Gasteiger partial charge < -0.3 is 14.6 Å². The lowest BCUT2D eigenvalue weighted by Crippen LogP contribution is -2.45. The summed E-state index contributed by atoms with van der Waals surface area (Å²) >= 11 is 0. The molecule has 1 aromatic rings. The van der Waals surface area contributed by atoms with Gasteiger partial charge >= 0.3 is 0 Å². The fourth-order valence-electron chi connectivity index (χ4n) is 5.33. The summed E-state index contributed by atoms with van der Waals surface area (Å²) in [6, 6.07) is 2.22. The Kier molecular flexibility index (Phi) is 5.50. The third kappa shape index (κ3) is 3.72. The molecular weight excluding hydrogens is 360 g/mol. The van der Waals surface area contributed by atoms with Gasteiger partial charge in [0.2, 0.25) is 0 Å². The summed E-state index contributed by atoms with van der Waals surface area (Å²) in [6.07, 6.45) is 16.5. The minimum absolute atomic E-state index is 0.0349. The molecule has 2 heterocycles. The Bertz CT molecular complexity index is 847. The van der Waals surface area contributed by atoms with Crippen molar-refractivity contribution in [3.8, 4) is 11.5 Å². The highest BCUT2D eigenvalue weighted by Gasteiger charge is 2.46. The summed E-state index contributed by atoms with van der Waals surface area (Å²) < 4.78 is 11.8. The van der Waals surface area contributed by atoms with E-state index in [4.69, 9.17) is 9.47 Å². The Morgan fingerprint density at radius 1 is 1.14 bits per heavy atom. The van der Waals surface area contributed by atoms with E-state index in [2.05, 4.69) is 39.8 Å². The summed E-state index contributed by atoms with van der Waals surface area (Å²) in [4.78, 5) is 0.